The van der Waals surface area contributed by atoms with E-state index in [1.165, 1.54) is 25.8 Å². The summed E-state index contributed by atoms with van der Waals surface area (Å²) >= 11 is 3.33. The Balaban J connectivity index is 1.48. The number of hydrogen-bond acceptors (Lipinski definition) is 3. The van der Waals surface area contributed by atoms with Gasteiger partial charge in [-0.3, -0.25) is 9.78 Å². The minimum Gasteiger partial charge on any atom is -0.352 e. The van der Waals surface area contributed by atoms with Crippen LogP contribution < -0.4 is 5.32 Å². The summed E-state index contributed by atoms with van der Waals surface area (Å²) < 4.78 is 0.834. The maximum absolute atomic E-state index is 12.0. The van der Waals surface area contributed by atoms with Crippen LogP contribution in [-0.2, 0) is 0 Å². The highest BCUT2D eigenvalue weighted by Gasteiger charge is 2.34. The standard InChI is InChI=1S/C14H18BrN3O/c15-12-5-11(7-16-8-12)14(19)17-6-10-3-4-18(9-10)13-1-2-13/h5,7-8,10,13H,1-4,6,9H2,(H,17,19). The molecule has 1 unspecified atom stereocenters. The Labute approximate surface area is 121 Å². The highest BCUT2D eigenvalue weighted by molar-refractivity contribution is 9.10. The molecule has 102 valence electrons. The van der Waals surface area contributed by atoms with Crippen LogP contribution in [0.15, 0.2) is 22.9 Å². The lowest BCUT2D eigenvalue weighted by molar-refractivity contribution is 0.0947. The molecule has 1 saturated heterocycles. The molecule has 1 aromatic rings. The van der Waals surface area contributed by atoms with Gasteiger partial charge in [-0.1, -0.05) is 0 Å². The Morgan fingerprint density at radius 1 is 1.42 bits per heavy atom. The van der Waals surface area contributed by atoms with Gasteiger partial charge in [0.1, 0.15) is 0 Å². The lowest BCUT2D eigenvalue weighted by Crippen LogP contribution is -2.31. The smallest absolute Gasteiger partial charge is 0.252 e. The van der Waals surface area contributed by atoms with Gasteiger partial charge >= 0.3 is 0 Å². The molecule has 5 heteroatoms. The third kappa shape index (κ3) is 3.34. The predicted molar refractivity (Wildman–Crippen MR) is 77.0 cm³/mol. The Hall–Kier alpha value is -0.940. The second-order valence-corrected chi connectivity index (χ2v) is 6.40. The largest absolute Gasteiger partial charge is 0.352 e. The molecular formula is C14H18BrN3O. The number of carbonyl (C=O) groups excluding carboxylic acids is 1. The van der Waals surface area contributed by atoms with Crippen LogP contribution in [0.2, 0.25) is 0 Å². The molecule has 3 rings (SSSR count). The number of amides is 1. The van der Waals surface area contributed by atoms with Crippen LogP contribution in [0.1, 0.15) is 29.6 Å². The monoisotopic (exact) mass is 323 g/mol. The maximum atomic E-state index is 12.0. The average Bonchev–Trinajstić information content (AvgIpc) is 3.15. The van der Waals surface area contributed by atoms with Crippen LogP contribution in [0.3, 0.4) is 0 Å². The summed E-state index contributed by atoms with van der Waals surface area (Å²) in [4.78, 5) is 18.6. The number of aromatic nitrogens is 1. The number of nitrogens with one attached hydrogen (secondary N) is 1. The van der Waals surface area contributed by atoms with Gasteiger partial charge in [0, 0.05) is 36.0 Å². The summed E-state index contributed by atoms with van der Waals surface area (Å²) in [5.74, 6) is 0.573. The van der Waals surface area contributed by atoms with Crippen LogP contribution in [-0.4, -0.2) is 41.5 Å². The molecular weight excluding hydrogens is 306 g/mol. The van der Waals surface area contributed by atoms with E-state index in [0.717, 1.165) is 23.6 Å². The molecule has 0 aromatic carbocycles. The second-order valence-electron chi connectivity index (χ2n) is 5.48. The van der Waals surface area contributed by atoms with Crippen molar-refractivity contribution >= 4 is 21.8 Å². The molecule has 0 bridgehead atoms. The number of rotatable bonds is 4. The Morgan fingerprint density at radius 3 is 3.00 bits per heavy atom. The molecule has 2 fully saturated rings. The van der Waals surface area contributed by atoms with Gasteiger partial charge in [-0.05, 0) is 53.7 Å². The minimum absolute atomic E-state index is 0.0290. The van der Waals surface area contributed by atoms with Gasteiger partial charge in [-0.2, -0.15) is 0 Å². The van der Waals surface area contributed by atoms with Crippen LogP contribution in [0.5, 0.6) is 0 Å². The topological polar surface area (TPSA) is 45.2 Å². The normalized spacial score (nSPS) is 23.5. The molecule has 2 aliphatic rings. The molecule has 19 heavy (non-hydrogen) atoms. The van der Waals surface area contributed by atoms with E-state index in [1.807, 2.05) is 0 Å². The van der Waals surface area contributed by atoms with Gasteiger partial charge < -0.3 is 10.2 Å². The van der Waals surface area contributed by atoms with Crippen molar-refractivity contribution in [1.29, 1.82) is 0 Å². The number of nitrogens with zero attached hydrogens (tertiary/aromatic N) is 2. The number of pyridine rings is 1. The summed E-state index contributed by atoms with van der Waals surface area (Å²) in [7, 11) is 0. The van der Waals surface area contributed by atoms with Crippen molar-refractivity contribution in [3.63, 3.8) is 0 Å². The van der Waals surface area contributed by atoms with E-state index in [2.05, 4.69) is 31.1 Å². The van der Waals surface area contributed by atoms with E-state index in [1.54, 1.807) is 18.5 Å². The highest BCUT2D eigenvalue weighted by atomic mass is 79.9. The quantitative estimate of drug-likeness (QED) is 0.922. The third-order valence-electron chi connectivity index (χ3n) is 3.90. The number of carbonyl (C=O) groups is 1. The van der Waals surface area contributed by atoms with Gasteiger partial charge in [0.2, 0.25) is 0 Å². The molecule has 1 saturated carbocycles. The van der Waals surface area contributed by atoms with Crippen LogP contribution in [0, 0.1) is 5.92 Å². The van der Waals surface area contributed by atoms with E-state index in [0.29, 0.717) is 11.5 Å². The Bertz CT molecular complexity index is 476. The first-order chi connectivity index (χ1) is 9.22. The predicted octanol–water partition coefficient (Wildman–Crippen LogP) is 2.06. The lowest BCUT2D eigenvalue weighted by atomic mass is 10.1. The van der Waals surface area contributed by atoms with Gasteiger partial charge in [0.25, 0.3) is 5.91 Å². The van der Waals surface area contributed by atoms with E-state index in [4.69, 9.17) is 0 Å². The van der Waals surface area contributed by atoms with E-state index < -0.39 is 0 Å². The zero-order chi connectivity index (χ0) is 13.2. The van der Waals surface area contributed by atoms with Gasteiger partial charge in [-0.15, -0.1) is 0 Å². The third-order valence-corrected chi connectivity index (χ3v) is 4.33. The number of hydrogen-bond donors (Lipinski definition) is 1. The van der Waals surface area contributed by atoms with Gasteiger partial charge in [0.15, 0.2) is 0 Å². The van der Waals surface area contributed by atoms with Crippen molar-refractivity contribution in [2.24, 2.45) is 5.92 Å². The fourth-order valence-corrected chi connectivity index (χ4v) is 3.04. The zero-order valence-corrected chi connectivity index (χ0v) is 12.4. The summed E-state index contributed by atoms with van der Waals surface area (Å²) in [6, 6.07) is 2.64. The molecule has 1 N–H and O–H groups in total. The van der Waals surface area contributed by atoms with Crippen molar-refractivity contribution in [2.45, 2.75) is 25.3 Å². The van der Waals surface area contributed by atoms with Crippen molar-refractivity contribution in [3.8, 4) is 0 Å². The summed E-state index contributed by atoms with van der Waals surface area (Å²) in [6.45, 7) is 3.11. The molecule has 0 spiro atoms. The fraction of sp³-hybridized carbons (Fsp3) is 0.571. The van der Waals surface area contributed by atoms with Crippen molar-refractivity contribution in [3.05, 3.63) is 28.5 Å². The first kappa shape index (κ1) is 13.1. The summed E-state index contributed by atoms with van der Waals surface area (Å²) in [6.07, 6.45) is 7.21. The maximum Gasteiger partial charge on any atom is 0.252 e. The zero-order valence-electron chi connectivity index (χ0n) is 10.8. The Kier molecular flexibility index (Phi) is 3.84. The van der Waals surface area contributed by atoms with Crippen LogP contribution in [0.4, 0.5) is 0 Å². The van der Waals surface area contributed by atoms with E-state index in [-0.39, 0.29) is 5.91 Å². The van der Waals surface area contributed by atoms with E-state index >= 15 is 0 Å². The molecule has 2 heterocycles. The number of likely N-dealkylation sites (tertiary alicyclic amines) is 1. The van der Waals surface area contributed by atoms with E-state index in [9.17, 15) is 4.79 Å². The molecule has 1 aliphatic carbocycles. The second kappa shape index (κ2) is 5.59. The first-order valence-electron chi connectivity index (χ1n) is 6.85. The molecule has 1 atom stereocenters. The van der Waals surface area contributed by atoms with Crippen LogP contribution >= 0.6 is 15.9 Å². The fourth-order valence-electron chi connectivity index (χ4n) is 2.68. The van der Waals surface area contributed by atoms with Crippen molar-refractivity contribution in [2.75, 3.05) is 19.6 Å². The summed E-state index contributed by atoms with van der Waals surface area (Å²) in [5.41, 5.74) is 0.617. The molecule has 1 aliphatic heterocycles. The highest BCUT2D eigenvalue weighted by Crippen LogP contribution is 2.31. The molecule has 0 radical (unpaired) electrons. The summed E-state index contributed by atoms with van der Waals surface area (Å²) in [5, 5.41) is 3.02. The Morgan fingerprint density at radius 2 is 2.26 bits per heavy atom. The van der Waals surface area contributed by atoms with Crippen molar-refractivity contribution < 1.29 is 4.79 Å². The SMILES string of the molecule is O=C(NCC1CCN(C2CC2)C1)c1cncc(Br)c1. The molecule has 1 amide bonds. The molecule has 4 nitrogen and oxygen atoms in total. The molecule has 1 aromatic heterocycles. The lowest BCUT2D eigenvalue weighted by Gasteiger charge is -2.15. The van der Waals surface area contributed by atoms with Gasteiger partial charge in [-0.25, -0.2) is 0 Å². The first-order valence-corrected chi connectivity index (χ1v) is 7.64. The van der Waals surface area contributed by atoms with Crippen molar-refractivity contribution in [1.82, 2.24) is 15.2 Å². The average molecular weight is 324 g/mol. The van der Waals surface area contributed by atoms with Gasteiger partial charge in [0.05, 0.1) is 5.56 Å². The van der Waals surface area contributed by atoms with Crippen LogP contribution in [0.25, 0.3) is 0 Å². The minimum atomic E-state index is -0.0290. The number of halogens is 1.